The Morgan fingerprint density at radius 3 is 1.69 bits per heavy atom. The third-order valence-corrected chi connectivity index (χ3v) is 7.45. The van der Waals surface area contributed by atoms with Gasteiger partial charge < -0.3 is 34.8 Å². The van der Waals surface area contributed by atoms with Crippen LogP contribution < -0.4 is 25.7 Å². The number of nitrogens with zero attached hydrogens (tertiary/aromatic N) is 1. The van der Waals surface area contributed by atoms with Crippen LogP contribution in [0.2, 0.25) is 0 Å². The smallest absolute Gasteiger partial charge is 0.430 e. The predicted molar refractivity (Wildman–Crippen MR) is 151 cm³/mol. The second kappa shape index (κ2) is 19.0. The molecule has 22 heteroatoms. The van der Waals surface area contributed by atoms with Gasteiger partial charge in [0.1, 0.15) is 23.8 Å². The molecule has 0 aliphatic carbocycles. The van der Waals surface area contributed by atoms with Gasteiger partial charge in [0, 0.05) is 30.7 Å². The number of amides is 1. The van der Waals surface area contributed by atoms with Gasteiger partial charge in [-0.25, -0.2) is 4.99 Å². The van der Waals surface area contributed by atoms with E-state index in [0.717, 1.165) is 32.4 Å². The van der Waals surface area contributed by atoms with Gasteiger partial charge in [-0.1, -0.05) is 12.8 Å². The molecule has 2 aliphatic rings. The van der Waals surface area contributed by atoms with Crippen LogP contribution in [0.3, 0.4) is 0 Å². The molecular weight excluding hydrogens is 740 g/mol. The number of nitrogens with two attached hydrogens (primary N) is 1. The number of quaternary nitrogens is 2. The minimum atomic E-state index is -5.19. The molecular formula is C30H34F12N4O6. The molecule has 1 aromatic rings. The van der Waals surface area contributed by atoms with Gasteiger partial charge in [-0.2, -0.15) is 52.7 Å². The van der Waals surface area contributed by atoms with Crippen LogP contribution in [0.1, 0.15) is 68.6 Å². The number of hydrogen-bond acceptors (Lipinski definition) is 7. The fourth-order valence-electron chi connectivity index (χ4n) is 4.70. The van der Waals surface area contributed by atoms with E-state index in [9.17, 15) is 62.3 Å². The predicted octanol–water partition coefficient (Wildman–Crippen LogP) is 1.54. The Balaban J connectivity index is 0.000000812. The number of likely N-dealkylation sites (tertiary alicyclic amines) is 1. The van der Waals surface area contributed by atoms with Crippen LogP contribution >= 0.6 is 0 Å². The van der Waals surface area contributed by atoms with Crippen LogP contribution in [-0.2, 0) is 31.5 Å². The Morgan fingerprint density at radius 1 is 0.827 bits per heavy atom. The van der Waals surface area contributed by atoms with Gasteiger partial charge in [-0.15, -0.1) is 0 Å². The summed E-state index contributed by atoms with van der Waals surface area (Å²) in [5.41, 5.74) is -2.94. The number of halogens is 12. The fourth-order valence-corrected chi connectivity index (χ4v) is 4.70. The molecule has 0 bridgehead atoms. The standard InChI is InChI=1S/C26H32F6N4O2.2C2HF3O2/c1-16(37)6-4-3-5-7-21(35-24(38)17-8-10-36(2)11-9-17)23-33-15-22(34-23)18-12-19(25(27,28)29)14-20(13-18)26(30,31)32;2*3-2(4,5)1(6)7/h12-15,17,21H,3-11H2,1-2H3,(H,33,34)(H,35,38);2*(H,6,7)/t21-;;/m0../s1. The number of carbonyl (C=O) groups excluding carboxylic acids is 4. The van der Waals surface area contributed by atoms with Crippen LogP contribution in [0.15, 0.2) is 29.4 Å². The Bertz CT molecular complexity index is 1410. The normalized spacial score (nSPS) is 18.4. The monoisotopic (exact) mass is 774 g/mol. The molecule has 294 valence electrons. The van der Waals surface area contributed by atoms with E-state index >= 15 is 0 Å². The molecule has 2 heterocycles. The van der Waals surface area contributed by atoms with Crippen molar-refractivity contribution >= 4 is 35.2 Å². The topological polar surface area (TPSA) is 160 Å². The summed E-state index contributed by atoms with van der Waals surface area (Å²) in [5.74, 6) is -5.84. The highest BCUT2D eigenvalue weighted by atomic mass is 19.4. The SMILES string of the molecule is CC(=O)CCCCC[C@H](NC(=O)C1CC[NH+](C)CC1)C1=NC=C(c2cc(C(F)(F)F)cc(C(F)(F)F)c2)[NH2+]1.O=C([O-])C(F)(F)F.O=C([O-])C(F)(F)F. The number of alkyl halides is 12. The van der Waals surface area contributed by atoms with Crippen LogP contribution in [-0.4, -0.2) is 68.0 Å². The molecule has 0 aromatic heterocycles. The molecule has 1 atom stereocenters. The molecule has 1 aromatic carbocycles. The van der Waals surface area contributed by atoms with Gasteiger partial charge in [0.05, 0.1) is 37.5 Å². The lowest BCUT2D eigenvalue weighted by Crippen LogP contribution is -3.10. The number of piperidine rings is 1. The summed E-state index contributed by atoms with van der Waals surface area (Å²) in [5, 5.41) is 22.0. The lowest BCUT2D eigenvalue weighted by molar-refractivity contribution is -0.885. The first kappa shape index (κ1) is 45.8. The van der Waals surface area contributed by atoms with Crippen molar-refractivity contribution in [3.8, 4) is 0 Å². The van der Waals surface area contributed by atoms with E-state index in [-0.39, 0.29) is 34.9 Å². The number of amidine groups is 1. The number of unbranched alkanes of at least 4 members (excludes halogenated alkanes) is 2. The number of rotatable bonds is 10. The summed E-state index contributed by atoms with van der Waals surface area (Å²) in [7, 11) is 2.06. The second-order valence-corrected chi connectivity index (χ2v) is 11.7. The average Bonchev–Trinajstić information content (AvgIpc) is 3.49. The molecule has 0 radical (unpaired) electrons. The zero-order chi connectivity index (χ0) is 40.2. The van der Waals surface area contributed by atoms with E-state index in [2.05, 4.69) is 17.4 Å². The van der Waals surface area contributed by atoms with Crippen LogP contribution in [0, 0.1) is 5.92 Å². The zero-order valence-corrected chi connectivity index (χ0v) is 27.3. The number of benzene rings is 1. The number of aliphatic imine (C=N–C) groups is 1. The largest absolute Gasteiger partial charge is 0.542 e. The van der Waals surface area contributed by atoms with Crippen molar-refractivity contribution in [3.05, 3.63) is 41.1 Å². The van der Waals surface area contributed by atoms with Crippen molar-refractivity contribution in [2.45, 2.75) is 82.6 Å². The van der Waals surface area contributed by atoms with Crippen LogP contribution in [0.25, 0.3) is 5.70 Å². The van der Waals surface area contributed by atoms with Crippen molar-refractivity contribution < 1.29 is 92.3 Å². The number of carbonyl (C=O) groups is 4. The summed E-state index contributed by atoms with van der Waals surface area (Å²) in [6.07, 6.45) is -14.6. The number of carboxylic acid groups (broad SMARTS) is 2. The van der Waals surface area contributed by atoms with Crippen LogP contribution in [0.4, 0.5) is 52.7 Å². The molecule has 0 spiro atoms. The van der Waals surface area contributed by atoms with E-state index in [1.165, 1.54) is 23.3 Å². The van der Waals surface area contributed by atoms with Crippen molar-refractivity contribution in [3.63, 3.8) is 0 Å². The fraction of sp³-hybridized carbons (Fsp3) is 0.567. The minimum absolute atomic E-state index is 0.0842. The highest BCUT2D eigenvalue weighted by molar-refractivity contribution is 5.90. The second-order valence-electron chi connectivity index (χ2n) is 11.7. The number of aliphatic carboxylic acids is 2. The molecule has 4 N–H and O–H groups in total. The number of Topliss-reactive ketones (excluding diaryl/α,β-unsaturated/α-hetero) is 1. The average molecular weight is 775 g/mol. The lowest BCUT2D eigenvalue weighted by atomic mass is 9.95. The number of carboxylic acids is 2. The first-order chi connectivity index (χ1) is 23.6. The van der Waals surface area contributed by atoms with E-state index in [4.69, 9.17) is 19.8 Å². The van der Waals surface area contributed by atoms with Gasteiger partial charge in [-0.3, -0.25) is 10.1 Å². The van der Waals surface area contributed by atoms with Gasteiger partial charge in [0.25, 0.3) is 0 Å². The summed E-state index contributed by atoms with van der Waals surface area (Å²) in [4.78, 5) is 47.4. The quantitative estimate of drug-likeness (QED) is 0.242. The molecule has 3 rings (SSSR count). The van der Waals surface area contributed by atoms with E-state index in [1.807, 2.05) is 0 Å². The van der Waals surface area contributed by atoms with Gasteiger partial charge in [-0.05, 0) is 38.0 Å². The van der Waals surface area contributed by atoms with Crippen molar-refractivity contribution in [2.75, 3.05) is 20.1 Å². The highest BCUT2D eigenvalue weighted by Crippen LogP contribution is 2.37. The first-order valence-corrected chi connectivity index (χ1v) is 15.2. The zero-order valence-electron chi connectivity index (χ0n) is 27.3. The summed E-state index contributed by atoms with van der Waals surface area (Å²) in [6, 6.07) is 0.889. The maximum Gasteiger partial charge on any atom is 0.430 e. The minimum Gasteiger partial charge on any atom is -0.542 e. The van der Waals surface area contributed by atoms with E-state index in [0.29, 0.717) is 43.7 Å². The Labute approximate surface area is 287 Å². The number of nitrogens with one attached hydrogen (secondary N) is 2. The van der Waals surface area contributed by atoms with Crippen molar-refractivity contribution in [2.24, 2.45) is 10.9 Å². The van der Waals surface area contributed by atoms with E-state index < -0.39 is 53.8 Å². The van der Waals surface area contributed by atoms with Gasteiger partial charge in [0.15, 0.2) is 5.70 Å². The molecule has 1 amide bonds. The summed E-state index contributed by atoms with van der Waals surface area (Å²) < 4.78 is 143. The number of ketones is 1. The maximum atomic E-state index is 13.3. The summed E-state index contributed by atoms with van der Waals surface area (Å²) in [6.45, 7) is 3.24. The Kier molecular flexibility index (Phi) is 16.8. The first-order valence-electron chi connectivity index (χ1n) is 15.2. The Hall–Kier alpha value is -4.21. The highest BCUT2D eigenvalue weighted by Gasteiger charge is 2.39. The maximum absolute atomic E-state index is 13.3. The molecule has 2 aliphatic heterocycles. The van der Waals surface area contributed by atoms with Crippen LogP contribution in [0.5, 0.6) is 0 Å². The van der Waals surface area contributed by atoms with E-state index in [1.54, 1.807) is 0 Å². The molecule has 1 saturated heterocycles. The molecule has 0 unspecified atom stereocenters. The van der Waals surface area contributed by atoms with Crippen molar-refractivity contribution in [1.82, 2.24) is 5.32 Å². The molecule has 10 nitrogen and oxygen atoms in total. The van der Waals surface area contributed by atoms with Crippen molar-refractivity contribution in [1.29, 1.82) is 0 Å². The Morgan fingerprint density at radius 2 is 1.29 bits per heavy atom. The van der Waals surface area contributed by atoms with Gasteiger partial charge in [0.2, 0.25) is 11.7 Å². The van der Waals surface area contributed by atoms with Gasteiger partial charge >= 0.3 is 24.7 Å². The molecule has 52 heavy (non-hydrogen) atoms. The molecule has 0 saturated carbocycles. The molecule has 1 fully saturated rings. The lowest BCUT2D eigenvalue weighted by Gasteiger charge is -2.27. The third-order valence-electron chi connectivity index (χ3n) is 7.45. The number of hydrogen-bond donors (Lipinski definition) is 3. The third kappa shape index (κ3) is 16.4. The summed E-state index contributed by atoms with van der Waals surface area (Å²) >= 11 is 0.